The molecule has 0 spiro atoms. The van der Waals surface area contributed by atoms with E-state index in [4.69, 9.17) is 0 Å². The molecular weight excluding hydrogens is 220 g/mol. The van der Waals surface area contributed by atoms with Crippen molar-refractivity contribution < 1.29 is 5.11 Å². The molecule has 0 aliphatic rings. The van der Waals surface area contributed by atoms with Crippen molar-refractivity contribution in [3.8, 4) is 0 Å². The highest BCUT2D eigenvalue weighted by atomic mass is 16.3. The Morgan fingerprint density at radius 3 is 2.06 bits per heavy atom. The van der Waals surface area contributed by atoms with Gasteiger partial charge in [-0.15, -0.1) is 0 Å². The highest BCUT2D eigenvalue weighted by Gasteiger charge is 2.23. The molecular formula is C17H34O. The zero-order valence-electron chi connectivity index (χ0n) is 13.5. The van der Waals surface area contributed by atoms with E-state index in [1.165, 1.54) is 12.8 Å². The van der Waals surface area contributed by atoms with Crippen LogP contribution >= 0.6 is 0 Å². The summed E-state index contributed by atoms with van der Waals surface area (Å²) in [6, 6.07) is 0. The van der Waals surface area contributed by atoms with E-state index in [1.807, 2.05) is 0 Å². The second-order valence-electron chi connectivity index (χ2n) is 7.32. The average molecular weight is 254 g/mol. The van der Waals surface area contributed by atoms with Crippen LogP contribution in [0.5, 0.6) is 0 Å². The Kier molecular flexibility index (Phi) is 7.21. The van der Waals surface area contributed by atoms with Crippen molar-refractivity contribution in [2.75, 3.05) is 0 Å². The maximum absolute atomic E-state index is 10.2. The predicted octanol–water partition coefficient (Wildman–Crippen LogP) is 5.34. The monoisotopic (exact) mass is 254 g/mol. The fourth-order valence-corrected chi connectivity index (χ4v) is 2.41. The smallest absolute Gasteiger partial charge is 0.0747 e. The summed E-state index contributed by atoms with van der Waals surface area (Å²) in [5, 5.41) is 10.2. The maximum Gasteiger partial charge on any atom is 0.0747 e. The van der Waals surface area contributed by atoms with Gasteiger partial charge in [-0.1, -0.05) is 61.0 Å². The fraction of sp³-hybridized carbons (Fsp3) is 0.882. The molecule has 0 aromatic carbocycles. The SMILES string of the molecule is C=C(CC(C)(C)CCC)C(O)CCC(C)(C)CC. The van der Waals surface area contributed by atoms with Crippen LogP contribution in [0.25, 0.3) is 0 Å². The first-order chi connectivity index (χ1) is 8.13. The van der Waals surface area contributed by atoms with Crippen LogP contribution in [-0.2, 0) is 0 Å². The summed E-state index contributed by atoms with van der Waals surface area (Å²) in [6.07, 6.45) is 6.08. The molecule has 0 radical (unpaired) electrons. The minimum atomic E-state index is -0.327. The molecule has 0 aliphatic heterocycles. The molecule has 1 heteroatoms. The summed E-state index contributed by atoms with van der Waals surface area (Å²) in [5.41, 5.74) is 1.62. The van der Waals surface area contributed by atoms with Crippen molar-refractivity contribution in [2.45, 2.75) is 86.2 Å². The first-order valence-corrected chi connectivity index (χ1v) is 7.49. The highest BCUT2D eigenvalue weighted by molar-refractivity contribution is 5.05. The van der Waals surface area contributed by atoms with Crippen LogP contribution < -0.4 is 0 Å². The van der Waals surface area contributed by atoms with Gasteiger partial charge in [0.05, 0.1) is 6.10 Å². The Bertz CT molecular complexity index is 250. The van der Waals surface area contributed by atoms with Crippen LogP contribution in [-0.4, -0.2) is 11.2 Å². The van der Waals surface area contributed by atoms with Crippen LogP contribution in [0.1, 0.15) is 80.1 Å². The van der Waals surface area contributed by atoms with Gasteiger partial charge in [0.25, 0.3) is 0 Å². The minimum Gasteiger partial charge on any atom is -0.389 e. The second kappa shape index (κ2) is 7.33. The molecule has 0 heterocycles. The van der Waals surface area contributed by atoms with Crippen LogP contribution in [0.15, 0.2) is 12.2 Å². The summed E-state index contributed by atoms with van der Waals surface area (Å²) in [6.45, 7) is 17.6. The lowest BCUT2D eigenvalue weighted by Gasteiger charge is -2.29. The molecule has 0 bridgehead atoms. The van der Waals surface area contributed by atoms with Crippen molar-refractivity contribution in [3.63, 3.8) is 0 Å². The normalized spacial score (nSPS) is 14.6. The minimum absolute atomic E-state index is 0.271. The van der Waals surface area contributed by atoms with Gasteiger partial charge in [-0.2, -0.15) is 0 Å². The number of hydrogen-bond donors (Lipinski definition) is 1. The fourth-order valence-electron chi connectivity index (χ4n) is 2.41. The molecule has 108 valence electrons. The largest absolute Gasteiger partial charge is 0.389 e. The van der Waals surface area contributed by atoms with E-state index < -0.39 is 0 Å². The molecule has 0 aromatic rings. The number of rotatable bonds is 9. The van der Waals surface area contributed by atoms with E-state index in [0.717, 1.165) is 31.3 Å². The summed E-state index contributed by atoms with van der Waals surface area (Å²) in [5.74, 6) is 0. The van der Waals surface area contributed by atoms with Gasteiger partial charge in [0.15, 0.2) is 0 Å². The van der Waals surface area contributed by atoms with Gasteiger partial charge in [-0.3, -0.25) is 0 Å². The van der Waals surface area contributed by atoms with Gasteiger partial charge in [0.2, 0.25) is 0 Å². The molecule has 0 saturated heterocycles. The second-order valence-corrected chi connectivity index (χ2v) is 7.32. The van der Waals surface area contributed by atoms with Gasteiger partial charge in [-0.25, -0.2) is 0 Å². The van der Waals surface area contributed by atoms with Gasteiger partial charge < -0.3 is 5.11 Å². The number of hydrogen-bond acceptors (Lipinski definition) is 1. The third kappa shape index (κ3) is 7.20. The molecule has 1 N–H and O–H groups in total. The lowest BCUT2D eigenvalue weighted by atomic mass is 9.78. The maximum atomic E-state index is 10.2. The highest BCUT2D eigenvalue weighted by Crippen LogP contribution is 2.33. The van der Waals surface area contributed by atoms with E-state index in [9.17, 15) is 5.11 Å². The molecule has 1 atom stereocenters. The molecule has 1 nitrogen and oxygen atoms in total. The lowest BCUT2D eigenvalue weighted by molar-refractivity contribution is 0.158. The molecule has 0 amide bonds. The summed E-state index contributed by atoms with van der Waals surface area (Å²) >= 11 is 0. The molecule has 0 saturated carbocycles. The first kappa shape index (κ1) is 17.7. The van der Waals surface area contributed by atoms with Crippen molar-refractivity contribution in [2.24, 2.45) is 10.8 Å². The van der Waals surface area contributed by atoms with Crippen LogP contribution in [0, 0.1) is 10.8 Å². The van der Waals surface area contributed by atoms with E-state index in [-0.39, 0.29) is 11.5 Å². The Hall–Kier alpha value is -0.300. The Labute approximate surface area is 115 Å². The van der Waals surface area contributed by atoms with Crippen LogP contribution in [0.2, 0.25) is 0 Å². The van der Waals surface area contributed by atoms with E-state index in [1.54, 1.807) is 0 Å². The van der Waals surface area contributed by atoms with Crippen molar-refractivity contribution in [3.05, 3.63) is 12.2 Å². The molecule has 1 unspecified atom stereocenters. The molecule has 18 heavy (non-hydrogen) atoms. The van der Waals surface area contributed by atoms with E-state index in [2.05, 4.69) is 48.1 Å². The Balaban J connectivity index is 4.19. The van der Waals surface area contributed by atoms with Crippen LogP contribution in [0.3, 0.4) is 0 Å². The van der Waals surface area contributed by atoms with E-state index >= 15 is 0 Å². The third-order valence-corrected chi connectivity index (χ3v) is 4.16. The zero-order chi connectivity index (χ0) is 14.4. The van der Waals surface area contributed by atoms with Gasteiger partial charge in [0, 0.05) is 0 Å². The standard InChI is InChI=1S/C17H34O/c1-8-11-17(6,7)13-14(3)15(18)10-12-16(4,5)9-2/h15,18H,3,8-13H2,1-2,4-7H3. The summed E-state index contributed by atoms with van der Waals surface area (Å²) < 4.78 is 0. The molecule has 0 aromatic heterocycles. The number of aliphatic hydroxyl groups is 1. The molecule has 0 rings (SSSR count). The molecule has 0 fully saturated rings. The van der Waals surface area contributed by atoms with Crippen LogP contribution in [0.4, 0.5) is 0 Å². The lowest BCUT2D eigenvalue weighted by Crippen LogP contribution is -2.20. The van der Waals surface area contributed by atoms with E-state index in [0.29, 0.717) is 5.41 Å². The average Bonchev–Trinajstić information content (AvgIpc) is 2.25. The van der Waals surface area contributed by atoms with Gasteiger partial charge in [0.1, 0.15) is 0 Å². The predicted molar refractivity (Wildman–Crippen MR) is 81.8 cm³/mol. The Morgan fingerprint density at radius 1 is 1.06 bits per heavy atom. The third-order valence-electron chi connectivity index (χ3n) is 4.16. The summed E-state index contributed by atoms with van der Waals surface area (Å²) in [4.78, 5) is 0. The topological polar surface area (TPSA) is 20.2 Å². The quantitative estimate of drug-likeness (QED) is 0.551. The first-order valence-electron chi connectivity index (χ1n) is 7.49. The summed E-state index contributed by atoms with van der Waals surface area (Å²) in [7, 11) is 0. The zero-order valence-corrected chi connectivity index (χ0v) is 13.5. The number of aliphatic hydroxyl groups excluding tert-OH is 1. The Morgan fingerprint density at radius 2 is 1.61 bits per heavy atom. The molecule has 0 aliphatic carbocycles. The van der Waals surface area contributed by atoms with Gasteiger partial charge in [-0.05, 0) is 42.1 Å². The van der Waals surface area contributed by atoms with Crippen molar-refractivity contribution >= 4 is 0 Å². The van der Waals surface area contributed by atoms with Gasteiger partial charge >= 0.3 is 0 Å². The van der Waals surface area contributed by atoms with Crippen molar-refractivity contribution in [1.82, 2.24) is 0 Å². The van der Waals surface area contributed by atoms with Crippen molar-refractivity contribution in [1.29, 1.82) is 0 Å².